The molecule has 0 aromatic heterocycles. The number of amides is 2. The van der Waals surface area contributed by atoms with Crippen molar-refractivity contribution >= 4 is 17.7 Å². The molecule has 0 saturated carbocycles. The van der Waals surface area contributed by atoms with Gasteiger partial charge in [0.2, 0.25) is 5.91 Å². The zero-order valence-electron chi connectivity index (χ0n) is 11.5. The Labute approximate surface area is 117 Å². The number of hydrogen-bond acceptors (Lipinski definition) is 4. The van der Waals surface area contributed by atoms with Gasteiger partial charge in [-0.2, -0.15) is 5.26 Å². The summed E-state index contributed by atoms with van der Waals surface area (Å²) in [4.78, 5) is 24.3. The predicted octanol–water partition coefficient (Wildman–Crippen LogP) is 1.66. The van der Waals surface area contributed by atoms with Crippen LogP contribution in [0.4, 0.5) is 10.5 Å². The molecule has 0 heterocycles. The van der Waals surface area contributed by atoms with E-state index in [1.54, 1.807) is 31.2 Å². The summed E-state index contributed by atoms with van der Waals surface area (Å²) in [5.74, 6) is -0.161. The Kier molecular flexibility index (Phi) is 6.04. The number of alkyl carbamates (subject to hydrolysis) is 1. The van der Waals surface area contributed by atoms with Crippen LogP contribution in [0, 0.1) is 11.3 Å². The normalized spacial score (nSPS) is 9.45. The standard InChI is InChI=1S/C14H17N3O3/c1-3-20-14(19)16-7-8-17(11(2)18)13-6-4-5-12(9-13)10-15/h4-6,9H,3,7-8H2,1-2H3,(H,16,19). The molecule has 1 aromatic rings. The fourth-order valence-electron chi connectivity index (χ4n) is 1.66. The molecule has 2 amide bonds. The van der Waals surface area contributed by atoms with Gasteiger partial charge in [0.05, 0.1) is 18.2 Å². The van der Waals surface area contributed by atoms with Crippen molar-refractivity contribution in [3.63, 3.8) is 0 Å². The van der Waals surface area contributed by atoms with Gasteiger partial charge < -0.3 is 15.0 Å². The number of rotatable bonds is 5. The minimum absolute atomic E-state index is 0.161. The van der Waals surface area contributed by atoms with Crippen LogP contribution in [-0.4, -0.2) is 31.7 Å². The van der Waals surface area contributed by atoms with Crippen LogP contribution in [0.3, 0.4) is 0 Å². The van der Waals surface area contributed by atoms with Crippen molar-refractivity contribution in [3.8, 4) is 6.07 Å². The molecular weight excluding hydrogens is 258 g/mol. The average molecular weight is 275 g/mol. The molecule has 0 atom stereocenters. The van der Waals surface area contributed by atoms with Crippen LogP contribution in [0.15, 0.2) is 24.3 Å². The van der Waals surface area contributed by atoms with Gasteiger partial charge in [0.25, 0.3) is 0 Å². The maximum absolute atomic E-state index is 11.6. The summed E-state index contributed by atoms with van der Waals surface area (Å²) in [5.41, 5.74) is 1.11. The number of carbonyl (C=O) groups excluding carboxylic acids is 2. The lowest BCUT2D eigenvalue weighted by molar-refractivity contribution is -0.116. The number of nitrogens with zero attached hydrogens (tertiary/aromatic N) is 2. The van der Waals surface area contributed by atoms with Gasteiger partial charge >= 0.3 is 6.09 Å². The third-order valence-electron chi connectivity index (χ3n) is 2.55. The van der Waals surface area contributed by atoms with Gasteiger partial charge in [-0.15, -0.1) is 0 Å². The highest BCUT2D eigenvalue weighted by Gasteiger charge is 2.12. The number of benzene rings is 1. The van der Waals surface area contributed by atoms with Crippen LogP contribution in [-0.2, 0) is 9.53 Å². The Morgan fingerprint density at radius 2 is 2.20 bits per heavy atom. The summed E-state index contributed by atoms with van der Waals surface area (Å²) in [6.45, 7) is 4.03. The molecule has 6 nitrogen and oxygen atoms in total. The summed E-state index contributed by atoms with van der Waals surface area (Å²) < 4.78 is 4.73. The highest BCUT2D eigenvalue weighted by Crippen LogP contribution is 2.15. The average Bonchev–Trinajstić information content (AvgIpc) is 2.43. The number of hydrogen-bond donors (Lipinski definition) is 1. The van der Waals surface area contributed by atoms with Crippen LogP contribution >= 0.6 is 0 Å². The van der Waals surface area contributed by atoms with E-state index in [2.05, 4.69) is 5.32 Å². The topological polar surface area (TPSA) is 82.4 Å². The molecule has 0 unspecified atom stereocenters. The molecule has 0 saturated heterocycles. The maximum atomic E-state index is 11.6. The summed E-state index contributed by atoms with van der Waals surface area (Å²) in [6.07, 6.45) is -0.512. The molecule has 1 N–H and O–H groups in total. The molecule has 1 aromatic carbocycles. The molecule has 106 valence electrons. The van der Waals surface area contributed by atoms with Gasteiger partial charge in [0.1, 0.15) is 0 Å². The molecule has 0 radical (unpaired) electrons. The predicted molar refractivity (Wildman–Crippen MR) is 74.2 cm³/mol. The number of nitrogens with one attached hydrogen (secondary N) is 1. The van der Waals surface area contributed by atoms with Crippen LogP contribution in [0.5, 0.6) is 0 Å². The molecule has 0 bridgehead atoms. The van der Waals surface area contributed by atoms with Crippen molar-refractivity contribution in [1.82, 2.24) is 5.32 Å². The van der Waals surface area contributed by atoms with Gasteiger partial charge in [0, 0.05) is 25.7 Å². The molecule has 1 rings (SSSR count). The van der Waals surface area contributed by atoms with Crippen molar-refractivity contribution in [2.45, 2.75) is 13.8 Å². The van der Waals surface area contributed by atoms with Crippen molar-refractivity contribution < 1.29 is 14.3 Å². The summed E-state index contributed by atoms with van der Waals surface area (Å²) >= 11 is 0. The minimum Gasteiger partial charge on any atom is -0.450 e. The van der Waals surface area contributed by atoms with Gasteiger partial charge in [0.15, 0.2) is 0 Å². The van der Waals surface area contributed by atoms with E-state index in [0.717, 1.165) is 0 Å². The van der Waals surface area contributed by atoms with E-state index in [4.69, 9.17) is 10.00 Å². The number of carbonyl (C=O) groups is 2. The van der Waals surface area contributed by atoms with Gasteiger partial charge in [-0.05, 0) is 25.1 Å². The maximum Gasteiger partial charge on any atom is 0.407 e. The molecule has 0 aliphatic carbocycles. The van der Waals surface area contributed by atoms with Crippen molar-refractivity contribution in [2.75, 3.05) is 24.6 Å². The van der Waals surface area contributed by atoms with Gasteiger partial charge in [-0.1, -0.05) is 6.07 Å². The second-order valence-corrected chi connectivity index (χ2v) is 3.98. The van der Waals surface area contributed by atoms with E-state index in [1.807, 2.05) is 6.07 Å². The Balaban J connectivity index is 2.68. The summed E-state index contributed by atoms with van der Waals surface area (Å²) in [7, 11) is 0. The monoisotopic (exact) mass is 275 g/mol. The fraction of sp³-hybridized carbons (Fsp3) is 0.357. The van der Waals surface area contributed by atoms with E-state index in [9.17, 15) is 9.59 Å². The Hall–Kier alpha value is -2.55. The van der Waals surface area contributed by atoms with E-state index in [0.29, 0.717) is 24.4 Å². The van der Waals surface area contributed by atoms with Gasteiger partial charge in [-0.25, -0.2) is 4.79 Å². The number of nitriles is 1. The van der Waals surface area contributed by atoms with E-state index in [1.165, 1.54) is 11.8 Å². The fourth-order valence-corrected chi connectivity index (χ4v) is 1.66. The second-order valence-electron chi connectivity index (χ2n) is 3.98. The molecule has 6 heteroatoms. The van der Waals surface area contributed by atoms with Crippen molar-refractivity contribution in [1.29, 1.82) is 5.26 Å². The van der Waals surface area contributed by atoms with Crippen molar-refractivity contribution in [2.24, 2.45) is 0 Å². The SMILES string of the molecule is CCOC(=O)NCCN(C(C)=O)c1cccc(C#N)c1. The molecule has 0 fully saturated rings. The highest BCUT2D eigenvalue weighted by atomic mass is 16.5. The lowest BCUT2D eigenvalue weighted by atomic mass is 10.2. The minimum atomic E-state index is -0.512. The van der Waals surface area contributed by atoms with Crippen LogP contribution in [0.1, 0.15) is 19.4 Å². The van der Waals surface area contributed by atoms with Crippen LogP contribution < -0.4 is 10.2 Å². The van der Waals surface area contributed by atoms with Crippen molar-refractivity contribution in [3.05, 3.63) is 29.8 Å². The van der Waals surface area contributed by atoms with Crippen LogP contribution in [0.25, 0.3) is 0 Å². The first-order chi connectivity index (χ1) is 9.58. The first kappa shape index (κ1) is 15.5. The molecule has 20 heavy (non-hydrogen) atoms. The van der Waals surface area contributed by atoms with E-state index >= 15 is 0 Å². The zero-order chi connectivity index (χ0) is 15.0. The Morgan fingerprint density at radius 1 is 1.45 bits per heavy atom. The smallest absolute Gasteiger partial charge is 0.407 e. The second kappa shape index (κ2) is 7.79. The Bertz CT molecular complexity index is 523. The zero-order valence-corrected chi connectivity index (χ0v) is 11.5. The molecule has 0 aliphatic heterocycles. The molecular formula is C14H17N3O3. The first-order valence-electron chi connectivity index (χ1n) is 6.27. The molecule has 0 spiro atoms. The molecule has 0 aliphatic rings. The van der Waals surface area contributed by atoms with Gasteiger partial charge in [-0.3, -0.25) is 4.79 Å². The lowest BCUT2D eigenvalue weighted by Crippen LogP contribution is -2.37. The lowest BCUT2D eigenvalue weighted by Gasteiger charge is -2.21. The van der Waals surface area contributed by atoms with Crippen LogP contribution in [0.2, 0.25) is 0 Å². The quantitative estimate of drug-likeness (QED) is 0.885. The third-order valence-corrected chi connectivity index (χ3v) is 2.55. The van der Waals surface area contributed by atoms with E-state index in [-0.39, 0.29) is 12.5 Å². The number of anilines is 1. The third kappa shape index (κ3) is 4.61. The highest BCUT2D eigenvalue weighted by molar-refractivity contribution is 5.91. The Morgan fingerprint density at radius 3 is 2.80 bits per heavy atom. The first-order valence-corrected chi connectivity index (χ1v) is 6.27. The largest absolute Gasteiger partial charge is 0.450 e. The summed E-state index contributed by atoms with van der Waals surface area (Å²) in [6, 6.07) is 8.77. The van der Waals surface area contributed by atoms with E-state index < -0.39 is 6.09 Å². The summed E-state index contributed by atoms with van der Waals surface area (Å²) in [5, 5.41) is 11.4. The number of ether oxygens (including phenoxy) is 1.